The van der Waals surface area contributed by atoms with E-state index in [0.717, 1.165) is 5.56 Å². The lowest BCUT2D eigenvalue weighted by molar-refractivity contribution is 0.0154. The van der Waals surface area contributed by atoms with Gasteiger partial charge in [0.2, 0.25) is 0 Å². The van der Waals surface area contributed by atoms with Crippen molar-refractivity contribution in [2.45, 2.75) is 19.4 Å². The van der Waals surface area contributed by atoms with Crippen LogP contribution in [0, 0.1) is 0 Å². The minimum Gasteiger partial charge on any atom is -0.387 e. The number of nitrogens with zero attached hydrogens (tertiary/aromatic N) is 1. The van der Waals surface area contributed by atoms with Gasteiger partial charge in [0.1, 0.15) is 0 Å². The van der Waals surface area contributed by atoms with Gasteiger partial charge in [-0.05, 0) is 37.1 Å². The molecule has 0 aliphatic rings. The van der Waals surface area contributed by atoms with Gasteiger partial charge in [-0.1, -0.05) is 48.5 Å². The predicted molar refractivity (Wildman–Crippen MR) is 98.7 cm³/mol. The first-order valence-electron chi connectivity index (χ1n) is 7.93. The standard InChI is InChI=1S/C20H21N3O2/c1-16(21)22-15-9-8-14-19(17-10-4-2-5-11-17)23-25-20(24)18-12-6-3-7-13-18/h2-8,10-13,15,19,23H,14H2,1H3,(H2,21,22). The molecule has 0 saturated heterocycles. The van der Waals surface area contributed by atoms with Crippen molar-refractivity contribution in [1.82, 2.24) is 5.48 Å². The lowest BCUT2D eigenvalue weighted by atomic mass is 10.0. The van der Waals surface area contributed by atoms with Crippen LogP contribution >= 0.6 is 0 Å². The summed E-state index contributed by atoms with van der Waals surface area (Å²) in [4.78, 5) is 21.3. The molecule has 0 saturated carbocycles. The molecular weight excluding hydrogens is 314 g/mol. The third-order valence-corrected chi connectivity index (χ3v) is 3.32. The first-order valence-corrected chi connectivity index (χ1v) is 7.93. The highest BCUT2D eigenvalue weighted by atomic mass is 16.7. The second-order valence-electron chi connectivity index (χ2n) is 5.34. The van der Waals surface area contributed by atoms with E-state index in [0.29, 0.717) is 17.8 Å². The van der Waals surface area contributed by atoms with Crippen molar-refractivity contribution in [3.8, 4) is 0 Å². The lowest BCUT2D eigenvalue weighted by Crippen LogP contribution is -2.25. The summed E-state index contributed by atoms with van der Waals surface area (Å²) in [6.45, 7) is 1.70. The average Bonchev–Trinajstić information content (AvgIpc) is 2.65. The summed E-state index contributed by atoms with van der Waals surface area (Å²) in [5.41, 5.74) is 12.7. The number of hydrogen-bond acceptors (Lipinski definition) is 4. The second kappa shape index (κ2) is 9.88. The molecule has 128 valence electrons. The van der Waals surface area contributed by atoms with Gasteiger partial charge in [0.25, 0.3) is 0 Å². The minimum absolute atomic E-state index is 0.197. The number of carbonyl (C=O) groups is 1. The van der Waals surface area contributed by atoms with Crippen molar-refractivity contribution in [1.29, 1.82) is 0 Å². The molecule has 0 aliphatic carbocycles. The molecule has 5 heteroatoms. The van der Waals surface area contributed by atoms with E-state index < -0.39 is 5.97 Å². The van der Waals surface area contributed by atoms with Crippen LogP contribution in [0.25, 0.3) is 0 Å². The number of nitrogens with two attached hydrogens (primary N) is 1. The number of aliphatic imine (C=N–C) groups is 1. The maximum atomic E-state index is 12.1. The summed E-state index contributed by atoms with van der Waals surface area (Å²) >= 11 is 0. The Labute approximate surface area is 147 Å². The number of nitrogens with one attached hydrogen (secondary N) is 1. The van der Waals surface area contributed by atoms with E-state index in [-0.39, 0.29) is 6.04 Å². The molecule has 2 aromatic rings. The Morgan fingerprint density at radius 2 is 1.84 bits per heavy atom. The molecule has 0 aliphatic heterocycles. The number of hydrogen-bond donors (Lipinski definition) is 2. The van der Waals surface area contributed by atoms with Crippen LogP contribution in [0.5, 0.6) is 0 Å². The van der Waals surface area contributed by atoms with Crippen LogP contribution in [0.15, 0.2) is 83.7 Å². The van der Waals surface area contributed by atoms with E-state index in [2.05, 4.69) is 16.2 Å². The molecular formula is C20H21N3O2. The van der Waals surface area contributed by atoms with Crippen LogP contribution in [-0.2, 0) is 4.84 Å². The zero-order chi connectivity index (χ0) is 17.9. The first-order chi connectivity index (χ1) is 12.2. The second-order valence-corrected chi connectivity index (χ2v) is 5.34. The van der Waals surface area contributed by atoms with Crippen LogP contribution < -0.4 is 11.2 Å². The van der Waals surface area contributed by atoms with Crippen LogP contribution in [0.1, 0.15) is 35.3 Å². The van der Waals surface area contributed by atoms with Gasteiger partial charge in [-0.2, -0.15) is 0 Å². The van der Waals surface area contributed by atoms with E-state index >= 15 is 0 Å². The minimum atomic E-state index is -0.426. The first kappa shape index (κ1) is 18.2. The van der Waals surface area contributed by atoms with Gasteiger partial charge in [0, 0.05) is 0 Å². The van der Waals surface area contributed by atoms with Crippen molar-refractivity contribution < 1.29 is 9.63 Å². The molecule has 0 amide bonds. The van der Waals surface area contributed by atoms with Crippen LogP contribution in [0.3, 0.4) is 0 Å². The molecule has 0 bridgehead atoms. The average molecular weight is 335 g/mol. The van der Waals surface area contributed by atoms with Gasteiger partial charge < -0.3 is 10.6 Å². The molecule has 1 unspecified atom stereocenters. The number of carbonyl (C=O) groups excluding carboxylic acids is 1. The fraction of sp³-hybridized carbons (Fsp3) is 0.150. The summed E-state index contributed by atoms with van der Waals surface area (Å²) in [6, 6.07) is 18.4. The van der Waals surface area contributed by atoms with E-state index in [1.54, 1.807) is 31.2 Å². The molecule has 0 heterocycles. The smallest absolute Gasteiger partial charge is 0.356 e. The highest BCUT2D eigenvalue weighted by Gasteiger charge is 2.13. The van der Waals surface area contributed by atoms with E-state index in [4.69, 9.17) is 10.6 Å². The van der Waals surface area contributed by atoms with Gasteiger partial charge in [-0.3, -0.25) is 0 Å². The summed E-state index contributed by atoms with van der Waals surface area (Å²) in [6.07, 6.45) is 3.89. The zero-order valence-corrected chi connectivity index (χ0v) is 14.1. The molecule has 0 spiro atoms. The van der Waals surface area contributed by atoms with Crippen LogP contribution in [0.2, 0.25) is 0 Å². The summed E-state index contributed by atoms with van der Waals surface area (Å²) < 4.78 is 0. The van der Waals surface area contributed by atoms with Crippen molar-refractivity contribution in [2.24, 2.45) is 10.7 Å². The van der Waals surface area contributed by atoms with Crippen LogP contribution in [0.4, 0.5) is 0 Å². The number of benzene rings is 2. The maximum Gasteiger partial charge on any atom is 0.356 e. The Kier molecular flexibility index (Phi) is 7.19. The van der Waals surface area contributed by atoms with E-state index in [1.807, 2.05) is 42.5 Å². The Morgan fingerprint density at radius 1 is 1.20 bits per heavy atom. The molecule has 0 aromatic heterocycles. The van der Waals surface area contributed by atoms with Gasteiger partial charge >= 0.3 is 5.97 Å². The molecule has 2 aromatic carbocycles. The Hall–Kier alpha value is -3.14. The molecule has 2 rings (SSSR count). The van der Waals surface area contributed by atoms with Crippen molar-refractivity contribution >= 4 is 11.8 Å². The highest BCUT2D eigenvalue weighted by molar-refractivity contribution is 5.89. The Morgan fingerprint density at radius 3 is 2.48 bits per heavy atom. The van der Waals surface area contributed by atoms with Gasteiger partial charge in [-0.15, -0.1) is 11.2 Å². The predicted octanol–water partition coefficient (Wildman–Crippen LogP) is 3.53. The summed E-state index contributed by atoms with van der Waals surface area (Å²) in [5.74, 6) is 0.0415. The maximum absolute atomic E-state index is 12.1. The quantitative estimate of drug-likeness (QED) is 0.351. The largest absolute Gasteiger partial charge is 0.387 e. The molecule has 25 heavy (non-hydrogen) atoms. The Bertz CT molecular complexity index is 760. The molecule has 0 fully saturated rings. The third kappa shape index (κ3) is 6.47. The normalized spacial score (nSPS) is 12.0. The Balaban J connectivity index is 2.03. The number of amidine groups is 1. The van der Waals surface area contributed by atoms with Crippen molar-refractivity contribution in [2.75, 3.05) is 0 Å². The molecule has 0 radical (unpaired) electrons. The molecule has 1 atom stereocenters. The SMILES string of the molecule is CC(N)=NC=C=CCC(NOC(=O)c1ccccc1)c1ccccc1. The monoisotopic (exact) mass is 335 g/mol. The fourth-order valence-electron chi connectivity index (χ4n) is 2.07. The third-order valence-electron chi connectivity index (χ3n) is 3.32. The van der Waals surface area contributed by atoms with Gasteiger partial charge in [0.05, 0.1) is 23.6 Å². The summed E-state index contributed by atoms with van der Waals surface area (Å²) in [7, 11) is 0. The topological polar surface area (TPSA) is 76.7 Å². The number of rotatable bonds is 7. The van der Waals surface area contributed by atoms with Gasteiger partial charge in [0.15, 0.2) is 0 Å². The lowest BCUT2D eigenvalue weighted by Gasteiger charge is -2.16. The van der Waals surface area contributed by atoms with E-state index in [1.165, 1.54) is 6.20 Å². The highest BCUT2D eigenvalue weighted by Crippen LogP contribution is 2.17. The summed E-state index contributed by atoms with van der Waals surface area (Å²) in [5, 5.41) is 0. The van der Waals surface area contributed by atoms with Crippen LogP contribution in [-0.4, -0.2) is 11.8 Å². The molecule has 3 N–H and O–H groups in total. The van der Waals surface area contributed by atoms with Gasteiger partial charge in [-0.25, -0.2) is 9.79 Å². The fourth-order valence-corrected chi connectivity index (χ4v) is 2.07. The van der Waals surface area contributed by atoms with Crippen molar-refractivity contribution in [3.05, 3.63) is 89.8 Å². The number of hydroxylamine groups is 1. The van der Waals surface area contributed by atoms with E-state index in [9.17, 15) is 4.79 Å². The zero-order valence-electron chi connectivity index (χ0n) is 14.1. The van der Waals surface area contributed by atoms with Crippen molar-refractivity contribution in [3.63, 3.8) is 0 Å². The molecule has 5 nitrogen and oxygen atoms in total.